The molecule has 126 valence electrons. The van der Waals surface area contributed by atoms with Crippen LogP contribution in [0.3, 0.4) is 0 Å². The zero-order valence-electron chi connectivity index (χ0n) is 13.9. The maximum Gasteiger partial charge on any atom is 0.229 e. The number of amides is 2. The normalized spacial score (nSPS) is 17.9. The monoisotopic (exact) mass is 381 g/mol. The van der Waals surface area contributed by atoms with Crippen LogP contribution in [0.25, 0.3) is 0 Å². The number of nitrogens with one attached hydrogen (secondary N) is 1. The number of hydrogen-bond donors (Lipinski definition) is 1. The smallest absolute Gasteiger partial charge is 0.229 e. The van der Waals surface area contributed by atoms with E-state index in [1.807, 2.05) is 39.2 Å². The molecule has 1 aromatic carbocycles. The Balaban J connectivity index is 1.88. The van der Waals surface area contributed by atoms with Crippen molar-refractivity contribution in [1.82, 2.24) is 9.80 Å². The van der Waals surface area contributed by atoms with Gasteiger partial charge in [-0.3, -0.25) is 9.59 Å². The molecule has 1 fully saturated rings. The summed E-state index contributed by atoms with van der Waals surface area (Å²) in [5.74, 6) is -0.264. The van der Waals surface area contributed by atoms with E-state index in [0.29, 0.717) is 13.0 Å². The Bertz CT molecular complexity index is 589. The van der Waals surface area contributed by atoms with E-state index in [9.17, 15) is 9.59 Å². The van der Waals surface area contributed by atoms with Crippen molar-refractivity contribution >= 4 is 33.4 Å². The molecular formula is C17H24BrN3O2. The Morgan fingerprint density at radius 3 is 2.83 bits per heavy atom. The number of carbonyl (C=O) groups is 2. The highest BCUT2D eigenvalue weighted by molar-refractivity contribution is 9.10. The first-order chi connectivity index (χ1) is 10.9. The van der Waals surface area contributed by atoms with Gasteiger partial charge in [0.25, 0.3) is 0 Å². The minimum absolute atomic E-state index is 0.0778. The van der Waals surface area contributed by atoms with Gasteiger partial charge in [-0.1, -0.05) is 22.0 Å². The maximum absolute atomic E-state index is 12.4. The van der Waals surface area contributed by atoms with E-state index in [0.717, 1.165) is 35.2 Å². The third kappa shape index (κ3) is 5.04. The third-order valence-electron chi connectivity index (χ3n) is 4.06. The summed E-state index contributed by atoms with van der Waals surface area (Å²) in [6.45, 7) is 4.18. The van der Waals surface area contributed by atoms with Crippen molar-refractivity contribution in [3.63, 3.8) is 0 Å². The molecule has 5 nitrogen and oxygen atoms in total. The van der Waals surface area contributed by atoms with Crippen LogP contribution in [0.2, 0.25) is 0 Å². The van der Waals surface area contributed by atoms with Crippen molar-refractivity contribution < 1.29 is 9.59 Å². The van der Waals surface area contributed by atoms with Gasteiger partial charge in [0.15, 0.2) is 0 Å². The van der Waals surface area contributed by atoms with Crippen LogP contribution in [0.15, 0.2) is 22.7 Å². The topological polar surface area (TPSA) is 52.7 Å². The number of likely N-dealkylation sites (tertiary alicyclic amines) is 1. The van der Waals surface area contributed by atoms with E-state index in [2.05, 4.69) is 26.1 Å². The SMILES string of the molecule is Cc1ccc(NC(=O)C2CC(=O)N(CCCN(C)C)C2)cc1Br. The molecule has 23 heavy (non-hydrogen) atoms. The number of halogens is 1. The van der Waals surface area contributed by atoms with Crippen molar-refractivity contribution in [3.05, 3.63) is 28.2 Å². The minimum atomic E-state index is -0.262. The van der Waals surface area contributed by atoms with Crippen LogP contribution in [0, 0.1) is 12.8 Å². The van der Waals surface area contributed by atoms with Crippen LogP contribution in [0.5, 0.6) is 0 Å². The van der Waals surface area contributed by atoms with E-state index in [-0.39, 0.29) is 17.7 Å². The lowest BCUT2D eigenvalue weighted by atomic mass is 10.1. The molecule has 1 heterocycles. The second kappa shape index (κ2) is 7.93. The van der Waals surface area contributed by atoms with Gasteiger partial charge < -0.3 is 15.1 Å². The molecular weight excluding hydrogens is 358 g/mol. The zero-order valence-corrected chi connectivity index (χ0v) is 15.5. The Labute approximate surface area is 146 Å². The van der Waals surface area contributed by atoms with Crippen LogP contribution < -0.4 is 5.32 Å². The van der Waals surface area contributed by atoms with Crippen molar-refractivity contribution in [3.8, 4) is 0 Å². The Morgan fingerprint density at radius 1 is 1.43 bits per heavy atom. The number of benzene rings is 1. The average molecular weight is 382 g/mol. The van der Waals surface area contributed by atoms with Crippen molar-refractivity contribution in [2.24, 2.45) is 5.92 Å². The predicted molar refractivity (Wildman–Crippen MR) is 95.4 cm³/mol. The maximum atomic E-state index is 12.4. The summed E-state index contributed by atoms with van der Waals surface area (Å²) in [7, 11) is 4.03. The zero-order chi connectivity index (χ0) is 17.0. The Morgan fingerprint density at radius 2 is 2.17 bits per heavy atom. The van der Waals surface area contributed by atoms with E-state index in [1.54, 1.807) is 4.90 Å². The molecule has 6 heteroatoms. The molecule has 0 saturated carbocycles. The fraction of sp³-hybridized carbons (Fsp3) is 0.529. The van der Waals surface area contributed by atoms with Crippen LogP contribution in [0.4, 0.5) is 5.69 Å². The molecule has 1 atom stereocenters. The molecule has 1 unspecified atom stereocenters. The summed E-state index contributed by atoms with van der Waals surface area (Å²) in [4.78, 5) is 28.3. The second-order valence-corrected chi connectivity index (χ2v) is 7.21. The summed E-state index contributed by atoms with van der Waals surface area (Å²) in [5.41, 5.74) is 1.87. The van der Waals surface area contributed by atoms with Crippen LogP contribution >= 0.6 is 15.9 Å². The van der Waals surface area contributed by atoms with Gasteiger partial charge >= 0.3 is 0 Å². The first-order valence-electron chi connectivity index (χ1n) is 7.86. The van der Waals surface area contributed by atoms with Gasteiger partial charge in [-0.2, -0.15) is 0 Å². The lowest BCUT2D eigenvalue weighted by Gasteiger charge is -2.18. The molecule has 0 bridgehead atoms. The summed E-state index contributed by atoms with van der Waals surface area (Å²) >= 11 is 3.46. The summed E-state index contributed by atoms with van der Waals surface area (Å²) in [6.07, 6.45) is 1.23. The van der Waals surface area contributed by atoms with Crippen molar-refractivity contribution in [2.45, 2.75) is 19.8 Å². The minimum Gasteiger partial charge on any atom is -0.342 e. The largest absolute Gasteiger partial charge is 0.342 e. The fourth-order valence-corrected chi connectivity index (χ4v) is 3.04. The summed E-state index contributed by atoms with van der Waals surface area (Å²) in [5, 5.41) is 2.91. The number of rotatable bonds is 6. The predicted octanol–water partition coefficient (Wildman–Crippen LogP) is 2.50. The molecule has 0 aliphatic carbocycles. The van der Waals surface area contributed by atoms with Crippen LogP contribution in [-0.2, 0) is 9.59 Å². The molecule has 1 aliphatic heterocycles. The van der Waals surface area contributed by atoms with Crippen LogP contribution in [0.1, 0.15) is 18.4 Å². The van der Waals surface area contributed by atoms with Gasteiger partial charge in [0.1, 0.15) is 0 Å². The van der Waals surface area contributed by atoms with Gasteiger partial charge in [-0.15, -0.1) is 0 Å². The first-order valence-corrected chi connectivity index (χ1v) is 8.65. The molecule has 0 radical (unpaired) electrons. The van der Waals surface area contributed by atoms with Crippen molar-refractivity contribution in [1.29, 1.82) is 0 Å². The quantitative estimate of drug-likeness (QED) is 0.823. The number of hydrogen-bond acceptors (Lipinski definition) is 3. The number of anilines is 1. The van der Waals surface area contributed by atoms with Gasteiger partial charge in [-0.25, -0.2) is 0 Å². The molecule has 0 spiro atoms. The standard InChI is InChI=1S/C17H24BrN3O2/c1-12-5-6-14(10-15(12)18)19-17(23)13-9-16(22)21(11-13)8-4-7-20(2)3/h5-6,10,13H,4,7-9,11H2,1-3H3,(H,19,23). The highest BCUT2D eigenvalue weighted by atomic mass is 79.9. The summed E-state index contributed by atoms with van der Waals surface area (Å²) < 4.78 is 0.961. The molecule has 0 aromatic heterocycles. The molecule has 1 N–H and O–H groups in total. The lowest BCUT2D eigenvalue weighted by molar-refractivity contribution is -0.128. The first kappa shape index (κ1) is 17.9. The van der Waals surface area contributed by atoms with E-state index in [4.69, 9.17) is 0 Å². The van der Waals surface area contributed by atoms with Crippen LogP contribution in [-0.4, -0.2) is 55.3 Å². The fourth-order valence-electron chi connectivity index (χ4n) is 2.66. The van der Waals surface area contributed by atoms with E-state index in [1.165, 1.54) is 0 Å². The molecule has 1 aromatic rings. The Kier molecular flexibility index (Phi) is 6.18. The van der Waals surface area contributed by atoms with E-state index >= 15 is 0 Å². The highest BCUT2D eigenvalue weighted by Crippen LogP contribution is 2.23. The number of nitrogens with zero attached hydrogens (tertiary/aromatic N) is 2. The lowest BCUT2D eigenvalue weighted by Crippen LogP contribution is -2.30. The van der Waals surface area contributed by atoms with E-state index < -0.39 is 0 Å². The van der Waals surface area contributed by atoms with Crippen molar-refractivity contribution in [2.75, 3.05) is 39.0 Å². The van der Waals surface area contributed by atoms with Gasteiger partial charge in [0.05, 0.1) is 5.92 Å². The molecule has 2 rings (SSSR count). The summed E-state index contributed by atoms with van der Waals surface area (Å²) in [6, 6.07) is 5.72. The third-order valence-corrected chi connectivity index (χ3v) is 4.91. The molecule has 1 saturated heterocycles. The average Bonchev–Trinajstić information content (AvgIpc) is 2.84. The number of aryl methyl sites for hydroxylation is 1. The van der Waals surface area contributed by atoms with Gasteiger partial charge in [0, 0.05) is 29.7 Å². The molecule has 1 aliphatic rings. The molecule has 2 amide bonds. The Hall–Kier alpha value is -1.40. The highest BCUT2D eigenvalue weighted by Gasteiger charge is 2.33. The van der Waals surface area contributed by atoms with Gasteiger partial charge in [0.2, 0.25) is 11.8 Å². The number of carbonyl (C=O) groups excluding carboxylic acids is 2. The second-order valence-electron chi connectivity index (χ2n) is 6.35. The van der Waals surface area contributed by atoms with Gasteiger partial charge in [-0.05, 0) is 51.7 Å².